The number of hydrogen-bond donors (Lipinski definition) is 1. The van der Waals surface area contributed by atoms with E-state index in [4.69, 9.17) is 0 Å². The molecule has 3 unspecified atom stereocenters. The fourth-order valence-electron chi connectivity index (χ4n) is 5.28. The molecule has 1 amide bonds. The maximum atomic E-state index is 12.8. The van der Waals surface area contributed by atoms with Crippen molar-refractivity contribution in [3.8, 4) is 0 Å². The fraction of sp³-hybridized carbons (Fsp3) is 0.600. The van der Waals surface area contributed by atoms with Gasteiger partial charge in [-0.2, -0.15) is 0 Å². The predicted octanol–water partition coefficient (Wildman–Crippen LogP) is 3.14. The molecule has 1 saturated heterocycles. The Morgan fingerprint density at radius 2 is 1.88 bits per heavy atom. The monoisotopic (exact) mass is 327 g/mol. The van der Waals surface area contributed by atoms with Crippen LogP contribution in [0.1, 0.15) is 43.6 Å². The van der Waals surface area contributed by atoms with Crippen molar-refractivity contribution < 1.29 is 14.7 Å². The lowest BCUT2D eigenvalue weighted by molar-refractivity contribution is -0.141. The van der Waals surface area contributed by atoms with E-state index in [-0.39, 0.29) is 11.8 Å². The van der Waals surface area contributed by atoms with Gasteiger partial charge in [0.2, 0.25) is 5.91 Å². The highest BCUT2D eigenvalue weighted by Gasteiger charge is 2.43. The van der Waals surface area contributed by atoms with E-state index >= 15 is 0 Å². The van der Waals surface area contributed by atoms with E-state index in [1.165, 1.54) is 25.7 Å². The van der Waals surface area contributed by atoms with Crippen molar-refractivity contribution in [1.82, 2.24) is 4.90 Å². The summed E-state index contributed by atoms with van der Waals surface area (Å²) in [7, 11) is 0. The van der Waals surface area contributed by atoms with Gasteiger partial charge in [-0.1, -0.05) is 36.8 Å². The van der Waals surface area contributed by atoms with Crippen LogP contribution in [0.5, 0.6) is 0 Å². The number of benzene rings is 1. The number of nitrogens with zero attached hydrogens (tertiary/aromatic N) is 1. The van der Waals surface area contributed by atoms with Crippen LogP contribution in [-0.2, 0) is 9.59 Å². The van der Waals surface area contributed by atoms with Crippen molar-refractivity contribution >= 4 is 11.9 Å². The van der Waals surface area contributed by atoms with Crippen LogP contribution in [0.4, 0.5) is 0 Å². The number of carbonyl (C=O) groups is 2. The average molecular weight is 327 g/mol. The largest absolute Gasteiger partial charge is 0.481 e. The van der Waals surface area contributed by atoms with Gasteiger partial charge in [0.25, 0.3) is 0 Å². The summed E-state index contributed by atoms with van der Waals surface area (Å²) in [6, 6.07) is 9.77. The van der Waals surface area contributed by atoms with Crippen molar-refractivity contribution in [3.05, 3.63) is 35.9 Å². The highest BCUT2D eigenvalue weighted by Crippen LogP contribution is 2.49. The number of aliphatic carboxylic acids is 1. The van der Waals surface area contributed by atoms with E-state index in [0.717, 1.165) is 17.4 Å². The Kier molecular flexibility index (Phi) is 4.07. The second-order valence-electron chi connectivity index (χ2n) is 7.90. The van der Waals surface area contributed by atoms with Gasteiger partial charge in [0.15, 0.2) is 0 Å². The number of amides is 1. The summed E-state index contributed by atoms with van der Waals surface area (Å²) in [4.78, 5) is 26.2. The fourth-order valence-corrected chi connectivity index (χ4v) is 5.28. The number of fused-ring (bicyclic) bond motifs is 2. The number of rotatable bonds is 4. The van der Waals surface area contributed by atoms with Gasteiger partial charge in [0, 0.05) is 25.4 Å². The minimum atomic E-state index is -0.793. The van der Waals surface area contributed by atoms with Crippen LogP contribution in [0.25, 0.3) is 0 Å². The summed E-state index contributed by atoms with van der Waals surface area (Å²) in [6.45, 7) is 0.898. The predicted molar refractivity (Wildman–Crippen MR) is 90.4 cm³/mol. The third kappa shape index (κ3) is 2.83. The van der Waals surface area contributed by atoms with Crippen LogP contribution >= 0.6 is 0 Å². The first kappa shape index (κ1) is 15.7. The molecule has 128 valence electrons. The Hall–Kier alpha value is -1.84. The number of likely N-dealkylation sites (tertiary alicyclic amines) is 1. The van der Waals surface area contributed by atoms with Gasteiger partial charge < -0.3 is 10.0 Å². The van der Waals surface area contributed by atoms with E-state index in [9.17, 15) is 14.7 Å². The molecule has 2 aliphatic carbocycles. The first-order chi connectivity index (χ1) is 11.6. The molecule has 5 atom stereocenters. The molecule has 0 radical (unpaired) electrons. The number of carboxylic acids is 1. The second-order valence-corrected chi connectivity index (χ2v) is 7.90. The Bertz CT molecular complexity index is 629. The van der Waals surface area contributed by atoms with Gasteiger partial charge in [-0.25, -0.2) is 0 Å². The Morgan fingerprint density at radius 1 is 1.08 bits per heavy atom. The number of carbonyl (C=O) groups excluding carboxylic acids is 1. The molecule has 4 rings (SSSR count). The van der Waals surface area contributed by atoms with E-state index in [0.29, 0.717) is 25.4 Å². The summed E-state index contributed by atoms with van der Waals surface area (Å²) in [6.07, 6.45) is 5.76. The SMILES string of the molecule is O=C(O)[C@@H]1CN(C(=O)CC2CC3CCC2C3)C[C@@H]1c1ccccc1. The molecule has 0 spiro atoms. The minimum absolute atomic E-state index is 0.0901. The lowest BCUT2D eigenvalue weighted by Crippen LogP contribution is -2.32. The molecular weight excluding hydrogens is 302 g/mol. The zero-order chi connectivity index (χ0) is 16.7. The van der Waals surface area contributed by atoms with E-state index < -0.39 is 11.9 Å². The van der Waals surface area contributed by atoms with E-state index in [1.54, 1.807) is 0 Å². The van der Waals surface area contributed by atoms with Crippen molar-refractivity contribution in [2.75, 3.05) is 13.1 Å². The maximum absolute atomic E-state index is 12.8. The van der Waals surface area contributed by atoms with Gasteiger partial charge in [-0.05, 0) is 42.6 Å². The molecule has 2 bridgehead atoms. The smallest absolute Gasteiger partial charge is 0.308 e. The molecule has 0 aromatic heterocycles. The number of hydrogen-bond acceptors (Lipinski definition) is 2. The van der Waals surface area contributed by atoms with Crippen LogP contribution in [-0.4, -0.2) is 35.0 Å². The Balaban J connectivity index is 1.44. The molecule has 3 aliphatic rings. The Labute approximate surface area is 142 Å². The molecule has 1 N–H and O–H groups in total. The summed E-state index contributed by atoms with van der Waals surface area (Å²) >= 11 is 0. The van der Waals surface area contributed by atoms with Crippen molar-refractivity contribution in [2.45, 2.75) is 38.0 Å². The third-order valence-electron chi connectivity index (χ3n) is 6.54. The molecular formula is C20H25NO3. The topological polar surface area (TPSA) is 57.6 Å². The molecule has 24 heavy (non-hydrogen) atoms. The number of carboxylic acid groups (broad SMARTS) is 1. The first-order valence-corrected chi connectivity index (χ1v) is 9.17. The van der Waals surface area contributed by atoms with Crippen molar-refractivity contribution in [1.29, 1.82) is 0 Å². The average Bonchev–Trinajstić information content (AvgIpc) is 3.30. The van der Waals surface area contributed by atoms with Crippen LogP contribution < -0.4 is 0 Å². The minimum Gasteiger partial charge on any atom is -0.481 e. The molecule has 4 heteroatoms. The van der Waals surface area contributed by atoms with Crippen LogP contribution in [0.3, 0.4) is 0 Å². The molecule has 4 nitrogen and oxygen atoms in total. The highest BCUT2D eigenvalue weighted by molar-refractivity contribution is 5.80. The van der Waals surface area contributed by atoms with Crippen LogP contribution in [0, 0.1) is 23.7 Å². The summed E-state index contributed by atoms with van der Waals surface area (Å²) in [5.41, 5.74) is 1.03. The Morgan fingerprint density at radius 3 is 2.50 bits per heavy atom. The van der Waals surface area contributed by atoms with Gasteiger partial charge in [0.05, 0.1) is 5.92 Å². The molecule has 1 heterocycles. The quantitative estimate of drug-likeness (QED) is 0.924. The first-order valence-electron chi connectivity index (χ1n) is 9.17. The maximum Gasteiger partial charge on any atom is 0.308 e. The van der Waals surface area contributed by atoms with E-state index in [1.807, 2.05) is 35.2 Å². The molecule has 1 aliphatic heterocycles. The summed E-state index contributed by atoms with van der Waals surface area (Å²) < 4.78 is 0. The standard InChI is InChI=1S/C20H25NO3/c22-19(10-16-9-13-6-7-15(16)8-13)21-11-17(18(12-21)20(23)24)14-4-2-1-3-5-14/h1-5,13,15-18H,6-12H2,(H,23,24)/t13?,15?,16?,17-,18-/m1/s1. The van der Waals surface area contributed by atoms with Crippen molar-refractivity contribution in [2.24, 2.45) is 23.7 Å². The molecule has 1 aromatic rings. The van der Waals surface area contributed by atoms with E-state index in [2.05, 4.69) is 0 Å². The van der Waals surface area contributed by atoms with Gasteiger partial charge in [-0.15, -0.1) is 0 Å². The summed E-state index contributed by atoms with van der Waals surface area (Å²) in [5, 5.41) is 9.58. The lowest BCUT2D eigenvalue weighted by atomic mass is 9.86. The summed E-state index contributed by atoms with van der Waals surface area (Å²) in [5.74, 6) is 0.910. The highest BCUT2D eigenvalue weighted by atomic mass is 16.4. The van der Waals surface area contributed by atoms with Crippen LogP contribution in [0.2, 0.25) is 0 Å². The van der Waals surface area contributed by atoms with Gasteiger partial charge in [0.1, 0.15) is 0 Å². The van der Waals surface area contributed by atoms with Gasteiger partial charge >= 0.3 is 5.97 Å². The van der Waals surface area contributed by atoms with Crippen LogP contribution in [0.15, 0.2) is 30.3 Å². The molecule has 1 aromatic carbocycles. The molecule has 2 saturated carbocycles. The zero-order valence-corrected chi connectivity index (χ0v) is 13.9. The molecule has 3 fully saturated rings. The second kappa shape index (κ2) is 6.23. The zero-order valence-electron chi connectivity index (χ0n) is 13.9. The van der Waals surface area contributed by atoms with Gasteiger partial charge in [-0.3, -0.25) is 9.59 Å². The third-order valence-corrected chi connectivity index (χ3v) is 6.54. The lowest BCUT2D eigenvalue weighted by Gasteiger charge is -2.24. The normalized spacial score (nSPS) is 34.7. The van der Waals surface area contributed by atoms with Crippen molar-refractivity contribution in [3.63, 3.8) is 0 Å².